The second kappa shape index (κ2) is 10.9. The summed E-state index contributed by atoms with van der Waals surface area (Å²) in [7, 11) is 0. The van der Waals surface area contributed by atoms with Crippen LogP contribution in [0, 0.1) is 11.7 Å². The maximum Gasteiger partial charge on any atom is 0.188 e. The number of aliphatic imine (C=N–C) groups is 1. The lowest BCUT2D eigenvalue weighted by Gasteiger charge is -2.07. The average molecular weight is 393 g/mol. The number of guanidine groups is 1. The van der Waals surface area contributed by atoms with E-state index in [4.69, 9.17) is 5.73 Å². The van der Waals surface area contributed by atoms with E-state index in [2.05, 4.69) is 24.2 Å². The Morgan fingerprint density at radius 3 is 2.80 bits per heavy atom. The van der Waals surface area contributed by atoms with E-state index in [9.17, 15) is 4.39 Å². The van der Waals surface area contributed by atoms with Crippen LogP contribution < -0.4 is 11.1 Å². The molecule has 0 aliphatic carbocycles. The van der Waals surface area contributed by atoms with Crippen molar-refractivity contribution in [2.75, 3.05) is 13.1 Å². The van der Waals surface area contributed by atoms with Gasteiger partial charge in [0.2, 0.25) is 0 Å². The smallest absolute Gasteiger partial charge is 0.188 e. The van der Waals surface area contributed by atoms with E-state index in [0.717, 1.165) is 31.4 Å². The van der Waals surface area contributed by atoms with Gasteiger partial charge >= 0.3 is 0 Å². The topological polar surface area (TPSA) is 50.4 Å². The number of nitrogens with one attached hydrogen (secondary N) is 1. The molecule has 1 aromatic rings. The predicted octanol–water partition coefficient (Wildman–Crippen LogP) is 3.33. The molecule has 0 spiro atoms. The minimum atomic E-state index is -0.184. The fraction of sp³-hybridized carbons (Fsp3) is 0.533. The van der Waals surface area contributed by atoms with E-state index in [1.54, 1.807) is 12.1 Å². The Bertz CT molecular complexity index is 408. The molecule has 3 nitrogen and oxygen atoms in total. The fourth-order valence-corrected chi connectivity index (χ4v) is 1.72. The molecular formula is C15H25FIN3. The molecule has 1 rings (SSSR count). The van der Waals surface area contributed by atoms with Gasteiger partial charge in [0.15, 0.2) is 5.96 Å². The van der Waals surface area contributed by atoms with E-state index in [-0.39, 0.29) is 29.8 Å². The Labute approximate surface area is 138 Å². The number of hydrogen-bond acceptors (Lipinski definition) is 1. The largest absolute Gasteiger partial charge is 0.370 e. The third-order valence-corrected chi connectivity index (χ3v) is 2.82. The number of nitrogens with zero attached hydrogens (tertiary/aromatic N) is 1. The molecule has 0 fully saturated rings. The van der Waals surface area contributed by atoms with Crippen molar-refractivity contribution in [3.8, 4) is 0 Å². The van der Waals surface area contributed by atoms with Gasteiger partial charge < -0.3 is 11.1 Å². The average Bonchev–Trinajstić information content (AvgIpc) is 2.34. The summed E-state index contributed by atoms with van der Waals surface area (Å²) in [6.07, 6.45) is 2.77. The first kappa shape index (κ1) is 19.1. The van der Waals surface area contributed by atoms with Crippen molar-refractivity contribution < 1.29 is 4.39 Å². The van der Waals surface area contributed by atoms with Crippen molar-refractivity contribution in [3.63, 3.8) is 0 Å². The van der Waals surface area contributed by atoms with E-state index >= 15 is 0 Å². The highest BCUT2D eigenvalue weighted by Gasteiger charge is 1.97. The van der Waals surface area contributed by atoms with Gasteiger partial charge in [0.25, 0.3) is 0 Å². The maximum atomic E-state index is 13.0. The second-order valence-electron chi connectivity index (χ2n) is 5.11. The molecule has 0 aliphatic heterocycles. The molecule has 0 radical (unpaired) electrons. The summed E-state index contributed by atoms with van der Waals surface area (Å²) in [6, 6.07) is 6.68. The maximum absolute atomic E-state index is 13.0. The summed E-state index contributed by atoms with van der Waals surface area (Å²) in [5.41, 5.74) is 6.74. The first-order chi connectivity index (χ1) is 9.08. The third kappa shape index (κ3) is 9.12. The van der Waals surface area contributed by atoms with Crippen LogP contribution in [0.3, 0.4) is 0 Å². The molecule has 0 heterocycles. The second-order valence-corrected chi connectivity index (χ2v) is 5.11. The molecule has 0 saturated heterocycles. The van der Waals surface area contributed by atoms with Crippen molar-refractivity contribution in [1.82, 2.24) is 5.32 Å². The van der Waals surface area contributed by atoms with Gasteiger partial charge in [0.05, 0.1) is 0 Å². The van der Waals surface area contributed by atoms with E-state index in [1.165, 1.54) is 6.07 Å². The molecule has 5 heteroatoms. The first-order valence-corrected chi connectivity index (χ1v) is 6.86. The molecular weight excluding hydrogens is 368 g/mol. The van der Waals surface area contributed by atoms with E-state index < -0.39 is 0 Å². The monoisotopic (exact) mass is 393 g/mol. The molecule has 0 aliphatic rings. The summed E-state index contributed by atoms with van der Waals surface area (Å²) in [5, 5.41) is 3.09. The molecule has 0 unspecified atom stereocenters. The number of rotatable bonds is 7. The molecule has 0 atom stereocenters. The lowest BCUT2D eigenvalue weighted by molar-refractivity contribution is 0.576. The Morgan fingerprint density at radius 1 is 1.40 bits per heavy atom. The molecule has 20 heavy (non-hydrogen) atoms. The number of aryl methyl sites for hydroxylation is 1. The SMILES string of the molecule is CC(C)CCNC(N)=NCCCc1cccc(F)c1.I. The molecule has 0 bridgehead atoms. The van der Waals surface area contributed by atoms with Crippen LogP contribution in [0.4, 0.5) is 4.39 Å². The predicted molar refractivity (Wildman–Crippen MR) is 94.1 cm³/mol. The minimum absolute atomic E-state index is 0. The lowest BCUT2D eigenvalue weighted by atomic mass is 10.1. The van der Waals surface area contributed by atoms with Crippen LogP contribution in [0.25, 0.3) is 0 Å². The molecule has 0 aromatic heterocycles. The van der Waals surface area contributed by atoms with Gasteiger partial charge in [-0.05, 0) is 42.9 Å². The highest BCUT2D eigenvalue weighted by atomic mass is 127. The third-order valence-electron chi connectivity index (χ3n) is 2.82. The van der Waals surface area contributed by atoms with E-state index in [1.807, 2.05) is 6.07 Å². The number of nitrogens with two attached hydrogens (primary N) is 1. The van der Waals surface area contributed by atoms with Crippen molar-refractivity contribution in [1.29, 1.82) is 0 Å². The Kier molecular flexibility index (Phi) is 10.4. The molecule has 1 aromatic carbocycles. The first-order valence-electron chi connectivity index (χ1n) is 6.86. The van der Waals surface area contributed by atoms with Crippen molar-refractivity contribution in [2.24, 2.45) is 16.6 Å². The van der Waals surface area contributed by atoms with Crippen molar-refractivity contribution in [2.45, 2.75) is 33.1 Å². The van der Waals surface area contributed by atoms with Gasteiger partial charge in [-0.25, -0.2) is 4.39 Å². The van der Waals surface area contributed by atoms with Gasteiger partial charge in [-0.2, -0.15) is 0 Å². The zero-order valence-electron chi connectivity index (χ0n) is 12.2. The zero-order chi connectivity index (χ0) is 14.1. The zero-order valence-corrected chi connectivity index (χ0v) is 14.6. The van der Waals surface area contributed by atoms with Crippen molar-refractivity contribution in [3.05, 3.63) is 35.6 Å². The van der Waals surface area contributed by atoms with Gasteiger partial charge in [-0.15, -0.1) is 24.0 Å². The molecule has 0 amide bonds. The van der Waals surface area contributed by atoms with Crippen LogP contribution in [0.2, 0.25) is 0 Å². The number of hydrogen-bond donors (Lipinski definition) is 2. The van der Waals surface area contributed by atoms with Crippen LogP contribution in [0.15, 0.2) is 29.3 Å². The highest BCUT2D eigenvalue weighted by Crippen LogP contribution is 2.06. The Hall–Kier alpha value is -0.850. The van der Waals surface area contributed by atoms with E-state index in [0.29, 0.717) is 18.4 Å². The number of benzene rings is 1. The highest BCUT2D eigenvalue weighted by molar-refractivity contribution is 14.0. The molecule has 114 valence electrons. The van der Waals surface area contributed by atoms with Crippen LogP contribution in [-0.4, -0.2) is 19.0 Å². The summed E-state index contributed by atoms with van der Waals surface area (Å²) >= 11 is 0. The lowest BCUT2D eigenvalue weighted by Crippen LogP contribution is -2.33. The molecule has 3 N–H and O–H groups in total. The van der Waals surface area contributed by atoms with Gasteiger partial charge in [-0.1, -0.05) is 26.0 Å². The van der Waals surface area contributed by atoms with Crippen LogP contribution in [-0.2, 0) is 6.42 Å². The normalized spacial score (nSPS) is 11.3. The van der Waals surface area contributed by atoms with Crippen LogP contribution >= 0.6 is 24.0 Å². The quantitative estimate of drug-likeness (QED) is 0.323. The summed E-state index contributed by atoms with van der Waals surface area (Å²) in [4.78, 5) is 4.25. The Morgan fingerprint density at radius 2 is 2.15 bits per heavy atom. The van der Waals surface area contributed by atoms with Gasteiger partial charge in [0, 0.05) is 13.1 Å². The molecule has 0 saturated carbocycles. The van der Waals surface area contributed by atoms with Gasteiger partial charge in [-0.3, -0.25) is 4.99 Å². The van der Waals surface area contributed by atoms with Crippen molar-refractivity contribution >= 4 is 29.9 Å². The Balaban J connectivity index is 0.00000361. The summed E-state index contributed by atoms with van der Waals surface area (Å²) < 4.78 is 13.0. The fourth-order valence-electron chi connectivity index (χ4n) is 1.72. The van der Waals surface area contributed by atoms with Gasteiger partial charge in [0.1, 0.15) is 5.82 Å². The summed E-state index contributed by atoms with van der Waals surface area (Å²) in [5.74, 6) is 0.976. The minimum Gasteiger partial charge on any atom is -0.370 e. The summed E-state index contributed by atoms with van der Waals surface area (Å²) in [6.45, 7) is 5.87. The van der Waals surface area contributed by atoms with Crippen LogP contribution in [0.5, 0.6) is 0 Å². The number of halogens is 2. The standard InChI is InChI=1S/C15H24FN3.HI/c1-12(2)8-10-19-15(17)18-9-4-6-13-5-3-7-14(16)11-13;/h3,5,7,11-12H,4,6,8-10H2,1-2H3,(H3,17,18,19);1H. The van der Waals surface area contributed by atoms with Crippen LogP contribution in [0.1, 0.15) is 32.3 Å².